The summed E-state index contributed by atoms with van der Waals surface area (Å²) in [5, 5.41) is 2.59. The summed E-state index contributed by atoms with van der Waals surface area (Å²) < 4.78 is 1.72. The van der Waals surface area contributed by atoms with Gasteiger partial charge in [-0.1, -0.05) is 35.9 Å². The minimum atomic E-state index is -0.765. The molecule has 2 heterocycles. The molecule has 30 heavy (non-hydrogen) atoms. The average molecular weight is 397 g/mol. The Labute approximate surface area is 172 Å². The third-order valence-electron chi connectivity index (χ3n) is 4.89. The van der Waals surface area contributed by atoms with Gasteiger partial charge in [-0.2, -0.15) is 0 Å². The lowest BCUT2D eigenvalue weighted by Gasteiger charge is -2.08. The van der Waals surface area contributed by atoms with Gasteiger partial charge < -0.3 is 15.5 Å². The molecule has 6 heteroatoms. The Morgan fingerprint density at radius 2 is 1.60 bits per heavy atom. The van der Waals surface area contributed by atoms with Gasteiger partial charge in [-0.25, -0.2) is 0 Å². The number of primary amides is 1. The predicted molar refractivity (Wildman–Crippen MR) is 115 cm³/mol. The summed E-state index contributed by atoms with van der Waals surface area (Å²) in [4.78, 5) is 37.1. The zero-order valence-electron chi connectivity index (χ0n) is 16.3. The van der Waals surface area contributed by atoms with E-state index in [9.17, 15) is 14.4 Å². The largest absolute Gasteiger partial charge is 0.366 e. The lowest BCUT2D eigenvalue weighted by molar-refractivity contribution is -0.112. The number of nitrogens with zero attached hydrogens (tertiary/aromatic N) is 1. The topological polar surface area (TPSA) is 93.7 Å². The second-order valence-electron chi connectivity index (χ2n) is 6.99. The van der Waals surface area contributed by atoms with Gasteiger partial charge in [0, 0.05) is 28.5 Å². The van der Waals surface area contributed by atoms with E-state index in [1.165, 1.54) is 24.3 Å². The van der Waals surface area contributed by atoms with Gasteiger partial charge in [-0.05, 0) is 55.0 Å². The fourth-order valence-corrected chi connectivity index (χ4v) is 3.32. The summed E-state index contributed by atoms with van der Waals surface area (Å²) in [7, 11) is 0. The molecule has 0 aliphatic heterocycles. The van der Waals surface area contributed by atoms with Gasteiger partial charge >= 0.3 is 0 Å². The van der Waals surface area contributed by atoms with Crippen LogP contribution in [-0.2, 0) is 4.79 Å². The number of benzene rings is 2. The number of fused-ring (bicyclic) bond motifs is 1. The molecule has 0 saturated heterocycles. The number of rotatable bonds is 5. The molecule has 6 nitrogen and oxygen atoms in total. The second kappa shape index (κ2) is 7.67. The fraction of sp³-hybridized carbons (Fsp3) is 0.0417. The van der Waals surface area contributed by atoms with Gasteiger partial charge in [0.15, 0.2) is 0 Å². The van der Waals surface area contributed by atoms with Crippen molar-refractivity contribution in [1.29, 1.82) is 0 Å². The number of pyridine rings is 1. The maximum atomic E-state index is 13.2. The highest BCUT2D eigenvalue weighted by Gasteiger charge is 2.24. The van der Waals surface area contributed by atoms with Gasteiger partial charge in [-0.3, -0.25) is 14.4 Å². The number of Topliss-reactive ketones (excluding diaryl/α,β-unsaturated/α-hetero) is 1. The number of hydrogen-bond donors (Lipinski definition) is 2. The lowest BCUT2D eigenvalue weighted by atomic mass is 10.0. The number of carbonyl (C=O) groups is 3. The molecule has 3 N–H and O–H groups in total. The molecule has 148 valence electrons. The zero-order valence-corrected chi connectivity index (χ0v) is 16.3. The first-order valence-corrected chi connectivity index (χ1v) is 9.37. The molecule has 4 aromatic rings. The third-order valence-corrected chi connectivity index (χ3v) is 4.89. The molecule has 0 saturated carbocycles. The van der Waals surface area contributed by atoms with Crippen LogP contribution >= 0.6 is 0 Å². The quantitative estimate of drug-likeness (QED) is 0.396. The SMILES string of the molecule is Cc1ccc(-c2cc3ccccn3c2C(=O)C(=O)Nc2ccc(C(N)=O)cc2)cc1. The van der Waals surface area contributed by atoms with Crippen LogP contribution in [0.1, 0.15) is 26.4 Å². The molecule has 0 aliphatic rings. The number of anilines is 1. The molecule has 0 bridgehead atoms. The lowest BCUT2D eigenvalue weighted by Crippen LogP contribution is -2.24. The Morgan fingerprint density at radius 1 is 0.900 bits per heavy atom. The van der Waals surface area contributed by atoms with Gasteiger partial charge in [0.2, 0.25) is 5.91 Å². The van der Waals surface area contributed by atoms with Crippen molar-refractivity contribution in [3.63, 3.8) is 0 Å². The minimum Gasteiger partial charge on any atom is -0.366 e. The zero-order chi connectivity index (χ0) is 21.3. The molecule has 0 unspecified atom stereocenters. The molecule has 2 aromatic carbocycles. The Kier molecular flexibility index (Phi) is 4.90. The first kappa shape index (κ1) is 19.1. The first-order chi connectivity index (χ1) is 14.4. The van der Waals surface area contributed by atoms with E-state index in [0.29, 0.717) is 22.5 Å². The number of aromatic nitrogens is 1. The summed E-state index contributed by atoms with van der Waals surface area (Å²) in [5.74, 6) is -1.99. The number of ketones is 1. The fourth-order valence-electron chi connectivity index (χ4n) is 3.32. The molecular weight excluding hydrogens is 378 g/mol. The van der Waals surface area contributed by atoms with Crippen LogP contribution in [0.15, 0.2) is 79.0 Å². The van der Waals surface area contributed by atoms with Gasteiger partial charge in [0.05, 0.1) is 0 Å². The molecule has 2 amide bonds. The monoisotopic (exact) mass is 397 g/mol. The number of nitrogens with two attached hydrogens (primary N) is 1. The van der Waals surface area contributed by atoms with Crippen molar-refractivity contribution in [1.82, 2.24) is 4.40 Å². The molecule has 0 spiro atoms. The van der Waals surface area contributed by atoms with Crippen molar-refractivity contribution in [3.8, 4) is 11.1 Å². The minimum absolute atomic E-state index is 0.292. The van der Waals surface area contributed by atoms with Crippen LogP contribution in [0.25, 0.3) is 16.6 Å². The maximum absolute atomic E-state index is 13.2. The highest BCUT2D eigenvalue weighted by atomic mass is 16.2. The summed E-state index contributed by atoms with van der Waals surface area (Å²) in [6.07, 6.45) is 1.76. The standard InChI is InChI=1S/C24H19N3O3/c1-15-5-7-16(8-6-15)20-14-19-4-2-3-13-27(19)21(20)22(28)24(30)26-18-11-9-17(10-12-18)23(25)29/h2-14H,1H3,(H2,25,29)(H,26,30). The van der Waals surface area contributed by atoms with Crippen molar-refractivity contribution in [2.45, 2.75) is 6.92 Å². The maximum Gasteiger partial charge on any atom is 0.298 e. The number of aryl methyl sites for hydroxylation is 1. The van der Waals surface area contributed by atoms with Crippen LogP contribution in [0.4, 0.5) is 5.69 Å². The summed E-state index contributed by atoms with van der Waals surface area (Å²) >= 11 is 0. The Hall–Kier alpha value is -4.19. The summed E-state index contributed by atoms with van der Waals surface area (Å²) in [6, 6.07) is 21.3. The summed E-state index contributed by atoms with van der Waals surface area (Å²) in [6.45, 7) is 1.99. The van der Waals surface area contributed by atoms with Gasteiger partial charge in [-0.15, -0.1) is 0 Å². The van der Waals surface area contributed by atoms with Crippen LogP contribution in [0.3, 0.4) is 0 Å². The first-order valence-electron chi connectivity index (χ1n) is 9.37. The molecule has 0 radical (unpaired) electrons. The summed E-state index contributed by atoms with van der Waals surface area (Å²) in [5.41, 5.74) is 9.70. The van der Waals surface area contributed by atoms with E-state index in [1.807, 2.05) is 55.5 Å². The Bertz CT molecular complexity index is 1270. The van der Waals surface area contributed by atoms with Crippen LogP contribution in [0.5, 0.6) is 0 Å². The molecule has 0 aliphatic carbocycles. The normalized spacial score (nSPS) is 10.7. The van der Waals surface area contributed by atoms with E-state index in [0.717, 1.165) is 16.6 Å². The Balaban J connectivity index is 1.71. The Morgan fingerprint density at radius 3 is 2.27 bits per heavy atom. The molecule has 4 rings (SSSR count). The van der Waals surface area contributed by atoms with E-state index in [-0.39, 0.29) is 0 Å². The highest BCUT2D eigenvalue weighted by Crippen LogP contribution is 2.29. The molecular formula is C24H19N3O3. The van der Waals surface area contributed by atoms with E-state index < -0.39 is 17.6 Å². The van der Waals surface area contributed by atoms with Crippen molar-refractivity contribution in [2.24, 2.45) is 5.73 Å². The number of hydrogen-bond acceptors (Lipinski definition) is 3. The van der Waals surface area contributed by atoms with Crippen LogP contribution in [-0.4, -0.2) is 22.0 Å². The van der Waals surface area contributed by atoms with E-state index in [1.54, 1.807) is 10.6 Å². The number of carbonyl (C=O) groups excluding carboxylic acids is 3. The van der Waals surface area contributed by atoms with Crippen molar-refractivity contribution in [3.05, 3.63) is 95.8 Å². The highest BCUT2D eigenvalue weighted by molar-refractivity contribution is 6.47. The number of amides is 2. The van der Waals surface area contributed by atoms with E-state index in [4.69, 9.17) is 5.73 Å². The second-order valence-corrected chi connectivity index (χ2v) is 6.99. The van der Waals surface area contributed by atoms with Gasteiger partial charge in [0.25, 0.3) is 11.7 Å². The van der Waals surface area contributed by atoms with Crippen LogP contribution in [0.2, 0.25) is 0 Å². The van der Waals surface area contributed by atoms with Gasteiger partial charge in [0.1, 0.15) is 5.69 Å². The molecule has 0 fully saturated rings. The van der Waals surface area contributed by atoms with E-state index >= 15 is 0 Å². The number of nitrogens with one attached hydrogen (secondary N) is 1. The smallest absolute Gasteiger partial charge is 0.298 e. The predicted octanol–water partition coefficient (Wildman–Crippen LogP) is 3.84. The van der Waals surface area contributed by atoms with Crippen molar-refractivity contribution >= 4 is 28.8 Å². The van der Waals surface area contributed by atoms with Crippen LogP contribution in [0, 0.1) is 6.92 Å². The van der Waals surface area contributed by atoms with E-state index in [2.05, 4.69) is 5.32 Å². The average Bonchev–Trinajstić information content (AvgIpc) is 3.13. The molecule has 2 aromatic heterocycles. The van der Waals surface area contributed by atoms with Crippen molar-refractivity contribution in [2.75, 3.05) is 5.32 Å². The van der Waals surface area contributed by atoms with Crippen LogP contribution < -0.4 is 11.1 Å². The van der Waals surface area contributed by atoms with Crippen molar-refractivity contribution < 1.29 is 14.4 Å². The third kappa shape index (κ3) is 3.58. The molecule has 0 atom stereocenters.